The lowest BCUT2D eigenvalue weighted by atomic mass is 10.1. The molecule has 0 aliphatic heterocycles. The summed E-state index contributed by atoms with van der Waals surface area (Å²) in [4.78, 5) is 9.49. The summed E-state index contributed by atoms with van der Waals surface area (Å²) >= 11 is 3.52. The highest BCUT2D eigenvalue weighted by Gasteiger charge is 2.19. The number of rotatable bonds is 9. The fourth-order valence-corrected chi connectivity index (χ4v) is 5.16. The quantitative estimate of drug-likeness (QED) is 0.304. The number of para-hydroxylation sites is 2. The Morgan fingerprint density at radius 2 is 1.56 bits per heavy atom. The van der Waals surface area contributed by atoms with E-state index >= 15 is 0 Å². The van der Waals surface area contributed by atoms with Gasteiger partial charge in [-0.05, 0) is 45.8 Å². The largest absolute Gasteiger partial charge is 0.457 e. The van der Waals surface area contributed by atoms with Crippen LogP contribution in [0.2, 0.25) is 0 Å². The lowest BCUT2D eigenvalue weighted by Crippen LogP contribution is -2.24. The Bertz CT molecular complexity index is 1380. The molecule has 8 heteroatoms. The molecule has 3 aromatic carbocycles. The second kappa shape index (κ2) is 10.9. The zero-order valence-corrected chi connectivity index (χ0v) is 21.0. The molecule has 174 valence electrons. The summed E-state index contributed by atoms with van der Waals surface area (Å²) in [7, 11) is -3.59. The van der Waals surface area contributed by atoms with Crippen molar-refractivity contribution in [1.29, 1.82) is 0 Å². The number of nitrogens with one attached hydrogen (secondary N) is 1. The average molecular weight is 538 g/mol. The molecule has 34 heavy (non-hydrogen) atoms. The van der Waals surface area contributed by atoms with Crippen molar-refractivity contribution >= 4 is 26.0 Å². The van der Waals surface area contributed by atoms with Crippen LogP contribution in [0, 0.1) is 0 Å². The zero-order chi connectivity index (χ0) is 24.0. The third-order valence-electron chi connectivity index (χ3n) is 5.11. The molecular formula is C26H24BrN3O3S. The Hall–Kier alpha value is -3.07. The van der Waals surface area contributed by atoms with Gasteiger partial charge in [0.25, 0.3) is 0 Å². The first kappa shape index (κ1) is 24.1. The van der Waals surface area contributed by atoms with Crippen LogP contribution in [0.1, 0.15) is 29.6 Å². The Morgan fingerprint density at radius 1 is 0.882 bits per heavy atom. The third-order valence-corrected chi connectivity index (χ3v) is 7.42. The van der Waals surface area contributed by atoms with Crippen molar-refractivity contribution < 1.29 is 13.2 Å². The highest BCUT2D eigenvalue weighted by molar-refractivity contribution is 9.10. The highest BCUT2D eigenvalue weighted by Crippen LogP contribution is 2.27. The predicted molar refractivity (Wildman–Crippen MR) is 136 cm³/mol. The number of hydrogen-bond acceptors (Lipinski definition) is 5. The van der Waals surface area contributed by atoms with E-state index in [1.165, 1.54) is 0 Å². The molecule has 4 aromatic rings. The molecule has 6 nitrogen and oxygen atoms in total. The molecule has 0 atom stereocenters. The summed E-state index contributed by atoms with van der Waals surface area (Å²) < 4.78 is 34.7. The summed E-state index contributed by atoms with van der Waals surface area (Å²) in [6.45, 7) is 2.08. The number of halogens is 1. The molecule has 0 spiro atoms. The standard InChI is InChI=1S/C26H24BrN3O3S/c1-2-29-34(31,32)25-15-9-7-11-20(25)16-23-22(27)18-28-26(30-23)17-19-10-6-8-14-24(19)33-21-12-4-3-5-13-21/h3-15,18,29H,2,16-17H2,1H3. The van der Waals surface area contributed by atoms with Gasteiger partial charge in [-0.3, -0.25) is 0 Å². The first-order valence-corrected chi connectivity index (χ1v) is 13.1. The molecule has 4 rings (SSSR count). The smallest absolute Gasteiger partial charge is 0.240 e. The van der Waals surface area contributed by atoms with Crippen LogP contribution in [0.15, 0.2) is 94.4 Å². The molecule has 0 saturated heterocycles. The molecule has 0 saturated carbocycles. The maximum Gasteiger partial charge on any atom is 0.240 e. The number of aromatic nitrogens is 2. The van der Waals surface area contributed by atoms with E-state index < -0.39 is 10.0 Å². The van der Waals surface area contributed by atoms with Crippen LogP contribution in [-0.4, -0.2) is 24.9 Å². The minimum Gasteiger partial charge on any atom is -0.457 e. The van der Waals surface area contributed by atoms with Crippen molar-refractivity contribution in [2.75, 3.05) is 6.54 Å². The summed E-state index contributed by atoms with van der Waals surface area (Å²) in [6.07, 6.45) is 2.53. The number of hydrogen-bond donors (Lipinski definition) is 1. The Kier molecular flexibility index (Phi) is 7.72. The molecule has 0 aliphatic rings. The Labute approximate surface area is 208 Å². The van der Waals surface area contributed by atoms with Gasteiger partial charge in [-0.15, -0.1) is 0 Å². The van der Waals surface area contributed by atoms with Crippen LogP contribution in [0.4, 0.5) is 0 Å². The van der Waals surface area contributed by atoms with E-state index in [0.717, 1.165) is 21.5 Å². The van der Waals surface area contributed by atoms with Crippen LogP contribution in [0.25, 0.3) is 0 Å². The summed E-state index contributed by atoms with van der Waals surface area (Å²) in [6, 6.07) is 24.4. The maximum atomic E-state index is 12.7. The fraction of sp³-hybridized carbons (Fsp3) is 0.154. The molecule has 0 amide bonds. The Balaban J connectivity index is 1.61. The molecular weight excluding hydrogens is 514 g/mol. The van der Waals surface area contributed by atoms with Gasteiger partial charge in [0.2, 0.25) is 10.0 Å². The minimum absolute atomic E-state index is 0.255. The number of sulfonamides is 1. The third kappa shape index (κ3) is 5.88. The fourth-order valence-electron chi connectivity index (χ4n) is 3.55. The minimum atomic E-state index is -3.59. The van der Waals surface area contributed by atoms with E-state index in [-0.39, 0.29) is 4.90 Å². The normalized spacial score (nSPS) is 11.4. The van der Waals surface area contributed by atoms with Crippen LogP contribution < -0.4 is 9.46 Å². The van der Waals surface area contributed by atoms with Gasteiger partial charge < -0.3 is 4.74 Å². The van der Waals surface area contributed by atoms with Gasteiger partial charge in [0.15, 0.2) is 0 Å². The van der Waals surface area contributed by atoms with Gasteiger partial charge in [-0.25, -0.2) is 23.1 Å². The summed E-state index contributed by atoms with van der Waals surface area (Å²) in [5.74, 6) is 2.11. The number of benzene rings is 3. The Morgan fingerprint density at radius 3 is 2.32 bits per heavy atom. The summed E-state index contributed by atoms with van der Waals surface area (Å²) in [5, 5.41) is 0. The monoisotopic (exact) mass is 537 g/mol. The van der Waals surface area contributed by atoms with Crippen molar-refractivity contribution in [3.8, 4) is 11.5 Å². The van der Waals surface area contributed by atoms with Crippen molar-refractivity contribution in [3.05, 3.63) is 112 Å². The molecule has 0 bridgehead atoms. The highest BCUT2D eigenvalue weighted by atomic mass is 79.9. The van der Waals surface area contributed by atoms with Crippen LogP contribution >= 0.6 is 15.9 Å². The molecule has 0 radical (unpaired) electrons. The number of ether oxygens (including phenoxy) is 1. The van der Waals surface area contributed by atoms with Crippen molar-refractivity contribution in [3.63, 3.8) is 0 Å². The molecule has 0 fully saturated rings. The van der Waals surface area contributed by atoms with E-state index in [2.05, 4.69) is 25.6 Å². The SMILES string of the molecule is CCNS(=O)(=O)c1ccccc1Cc1nc(Cc2ccccc2Oc2ccccc2)ncc1Br. The van der Waals surface area contributed by atoms with Gasteiger partial charge in [0, 0.05) is 31.1 Å². The zero-order valence-electron chi connectivity index (χ0n) is 18.6. The molecule has 0 unspecified atom stereocenters. The molecule has 1 N–H and O–H groups in total. The lowest BCUT2D eigenvalue weighted by molar-refractivity contribution is 0.477. The number of nitrogens with zero attached hydrogens (tertiary/aromatic N) is 2. The van der Waals surface area contributed by atoms with Gasteiger partial charge in [-0.1, -0.05) is 61.5 Å². The van der Waals surface area contributed by atoms with Crippen molar-refractivity contribution in [2.45, 2.75) is 24.7 Å². The topological polar surface area (TPSA) is 81.2 Å². The second-order valence-electron chi connectivity index (χ2n) is 7.57. The summed E-state index contributed by atoms with van der Waals surface area (Å²) in [5.41, 5.74) is 2.34. The van der Waals surface area contributed by atoms with E-state index in [1.807, 2.05) is 60.7 Å². The second-order valence-corrected chi connectivity index (χ2v) is 10.2. The maximum absolute atomic E-state index is 12.7. The predicted octanol–water partition coefficient (Wildman–Crippen LogP) is 5.51. The first-order chi connectivity index (χ1) is 16.5. The van der Waals surface area contributed by atoms with E-state index in [0.29, 0.717) is 36.5 Å². The van der Waals surface area contributed by atoms with Crippen LogP contribution in [0.5, 0.6) is 11.5 Å². The van der Waals surface area contributed by atoms with E-state index in [1.54, 1.807) is 31.3 Å². The lowest BCUT2D eigenvalue weighted by Gasteiger charge is -2.13. The van der Waals surface area contributed by atoms with Gasteiger partial charge in [0.05, 0.1) is 15.1 Å². The van der Waals surface area contributed by atoms with Crippen molar-refractivity contribution in [1.82, 2.24) is 14.7 Å². The van der Waals surface area contributed by atoms with Crippen LogP contribution in [0.3, 0.4) is 0 Å². The van der Waals surface area contributed by atoms with E-state index in [9.17, 15) is 8.42 Å². The van der Waals surface area contributed by atoms with Gasteiger partial charge >= 0.3 is 0 Å². The van der Waals surface area contributed by atoms with Crippen molar-refractivity contribution in [2.24, 2.45) is 0 Å². The van der Waals surface area contributed by atoms with E-state index in [4.69, 9.17) is 9.72 Å². The molecule has 1 heterocycles. The van der Waals surface area contributed by atoms with Crippen LogP contribution in [-0.2, 0) is 22.9 Å². The van der Waals surface area contributed by atoms with Gasteiger partial charge in [0.1, 0.15) is 17.3 Å². The van der Waals surface area contributed by atoms with Gasteiger partial charge in [-0.2, -0.15) is 0 Å². The molecule has 0 aliphatic carbocycles. The molecule has 1 aromatic heterocycles. The average Bonchev–Trinajstić information content (AvgIpc) is 2.83. The first-order valence-electron chi connectivity index (χ1n) is 10.8.